The monoisotopic (exact) mass is 581 g/mol. The third-order valence-electron chi connectivity index (χ3n) is 9.19. The summed E-state index contributed by atoms with van der Waals surface area (Å²) in [6.07, 6.45) is 4.74. The molecular weight excluding hydrogens is 542 g/mol. The van der Waals surface area contributed by atoms with Crippen LogP contribution in [0.25, 0.3) is 11.1 Å². The fourth-order valence-corrected chi connectivity index (χ4v) is 6.93. The third kappa shape index (κ3) is 6.30. The van der Waals surface area contributed by atoms with E-state index in [1.807, 2.05) is 54.6 Å². The van der Waals surface area contributed by atoms with Crippen molar-refractivity contribution < 1.29 is 23.9 Å². The number of amides is 2. The summed E-state index contributed by atoms with van der Waals surface area (Å²) in [4.78, 5) is 41.5. The normalized spacial score (nSPS) is 20.6. The molecule has 2 fully saturated rings. The van der Waals surface area contributed by atoms with Crippen LogP contribution in [0.5, 0.6) is 0 Å². The summed E-state index contributed by atoms with van der Waals surface area (Å²) < 4.78 is 11.4. The number of carbonyl (C=O) groups is 3. The molecule has 2 unspecified atom stereocenters. The first kappa shape index (κ1) is 28.9. The highest BCUT2D eigenvalue weighted by Crippen LogP contribution is 2.44. The number of nitrogens with two attached hydrogens (primary N) is 1. The van der Waals surface area contributed by atoms with Crippen LogP contribution in [0.15, 0.2) is 78.9 Å². The van der Waals surface area contributed by atoms with Crippen molar-refractivity contribution in [1.82, 2.24) is 10.2 Å². The predicted octanol–water partition coefficient (Wildman–Crippen LogP) is 5.15. The molecule has 6 rings (SSSR count). The standard InChI is InChI=1S/C35H39N3O5/c36-32(24-13-5-2-6-14-24)33(39)38-20-25(19-31(38)34(40)42-21-23-11-3-1-4-12-23)37-35(41)43-22-30-28-17-9-7-15-26(28)27-16-8-10-18-29(27)30/h1,3-4,7-12,15-18,24-25,30-32H,2,5-6,13-14,19-22,36H2,(H,37,41)/t25?,31?,32-/m0/s1. The van der Waals surface area contributed by atoms with E-state index in [0.717, 1.165) is 59.9 Å². The van der Waals surface area contributed by atoms with Gasteiger partial charge in [0.05, 0.1) is 12.1 Å². The van der Waals surface area contributed by atoms with Gasteiger partial charge in [-0.05, 0) is 46.6 Å². The van der Waals surface area contributed by atoms with Gasteiger partial charge >= 0.3 is 12.1 Å². The summed E-state index contributed by atoms with van der Waals surface area (Å²) in [6, 6.07) is 23.8. The molecule has 3 aliphatic rings. The van der Waals surface area contributed by atoms with E-state index in [0.29, 0.717) is 0 Å². The molecule has 1 saturated heterocycles. The highest BCUT2D eigenvalue weighted by atomic mass is 16.5. The Balaban J connectivity index is 1.11. The lowest BCUT2D eigenvalue weighted by atomic mass is 9.83. The van der Waals surface area contributed by atoms with Crippen LogP contribution in [0.1, 0.15) is 61.1 Å². The lowest BCUT2D eigenvalue weighted by molar-refractivity contribution is -0.155. The molecule has 0 bridgehead atoms. The van der Waals surface area contributed by atoms with E-state index in [9.17, 15) is 14.4 Å². The number of fused-ring (bicyclic) bond motifs is 3. The second-order valence-corrected chi connectivity index (χ2v) is 11.9. The topological polar surface area (TPSA) is 111 Å². The van der Waals surface area contributed by atoms with E-state index in [2.05, 4.69) is 29.6 Å². The molecule has 3 aromatic rings. The smallest absolute Gasteiger partial charge is 0.407 e. The SMILES string of the molecule is N[C@H](C(=O)N1CC(NC(=O)OCC2c3ccccc3-c3ccccc32)CC1C(=O)OCc1ccccc1)C1CCCCC1. The van der Waals surface area contributed by atoms with Crippen LogP contribution >= 0.6 is 0 Å². The minimum Gasteiger partial charge on any atom is -0.459 e. The van der Waals surface area contributed by atoms with E-state index in [1.54, 1.807) is 0 Å². The van der Waals surface area contributed by atoms with Crippen LogP contribution < -0.4 is 11.1 Å². The van der Waals surface area contributed by atoms with Crippen molar-refractivity contribution >= 4 is 18.0 Å². The summed E-state index contributed by atoms with van der Waals surface area (Å²) in [7, 11) is 0. The molecule has 3 atom stereocenters. The molecule has 0 radical (unpaired) electrons. The fraction of sp³-hybridized carbons (Fsp3) is 0.400. The van der Waals surface area contributed by atoms with Crippen LogP contribution in [0, 0.1) is 5.92 Å². The van der Waals surface area contributed by atoms with Gasteiger partial charge in [0.25, 0.3) is 0 Å². The summed E-state index contributed by atoms with van der Waals surface area (Å²) in [6.45, 7) is 0.468. The number of benzene rings is 3. The summed E-state index contributed by atoms with van der Waals surface area (Å²) >= 11 is 0. The first-order valence-corrected chi connectivity index (χ1v) is 15.4. The molecule has 0 aromatic heterocycles. The summed E-state index contributed by atoms with van der Waals surface area (Å²) in [5, 5.41) is 2.91. The third-order valence-corrected chi connectivity index (χ3v) is 9.19. The summed E-state index contributed by atoms with van der Waals surface area (Å²) in [5.41, 5.74) is 11.9. The number of alkyl carbamates (subject to hydrolysis) is 1. The number of hydrogen-bond donors (Lipinski definition) is 2. The van der Waals surface area contributed by atoms with Crippen LogP contribution in [-0.4, -0.2) is 54.1 Å². The maximum absolute atomic E-state index is 13.6. The Morgan fingerprint density at radius 1 is 0.837 bits per heavy atom. The van der Waals surface area contributed by atoms with E-state index in [-0.39, 0.29) is 43.9 Å². The van der Waals surface area contributed by atoms with Crippen molar-refractivity contribution in [2.45, 2.75) is 69.2 Å². The lowest BCUT2D eigenvalue weighted by Crippen LogP contribution is -2.52. The van der Waals surface area contributed by atoms with Crippen molar-refractivity contribution in [1.29, 1.82) is 0 Å². The number of nitrogens with zero attached hydrogens (tertiary/aromatic N) is 1. The van der Waals surface area contributed by atoms with Gasteiger partial charge < -0.3 is 25.4 Å². The zero-order valence-electron chi connectivity index (χ0n) is 24.3. The van der Waals surface area contributed by atoms with Gasteiger partial charge in [-0.15, -0.1) is 0 Å². The van der Waals surface area contributed by atoms with E-state index >= 15 is 0 Å². The first-order chi connectivity index (χ1) is 21.0. The van der Waals surface area contributed by atoms with E-state index < -0.39 is 30.2 Å². The Morgan fingerprint density at radius 3 is 2.14 bits per heavy atom. The largest absolute Gasteiger partial charge is 0.459 e. The maximum atomic E-state index is 13.6. The Kier molecular flexibility index (Phi) is 8.74. The minimum atomic E-state index is -0.829. The maximum Gasteiger partial charge on any atom is 0.407 e. The van der Waals surface area contributed by atoms with Crippen molar-refractivity contribution in [2.75, 3.05) is 13.2 Å². The second kappa shape index (κ2) is 13.0. The number of esters is 1. The van der Waals surface area contributed by atoms with Crippen molar-refractivity contribution in [3.05, 3.63) is 95.6 Å². The molecule has 3 aromatic carbocycles. The van der Waals surface area contributed by atoms with Gasteiger partial charge in [0, 0.05) is 18.9 Å². The molecule has 1 aliphatic heterocycles. The second-order valence-electron chi connectivity index (χ2n) is 11.9. The van der Waals surface area contributed by atoms with Crippen molar-refractivity contribution in [3.63, 3.8) is 0 Å². The van der Waals surface area contributed by atoms with Gasteiger partial charge in [-0.2, -0.15) is 0 Å². The van der Waals surface area contributed by atoms with Gasteiger partial charge in [0.2, 0.25) is 5.91 Å². The molecule has 2 amide bonds. The molecule has 8 nitrogen and oxygen atoms in total. The molecule has 224 valence electrons. The number of nitrogens with one attached hydrogen (secondary N) is 1. The predicted molar refractivity (Wildman–Crippen MR) is 163 cm³/mol. The number of likely N-dealkylation sites (tertiary alicyclic amines) is 1. The highest BCUT2D eigenvalue weighted by molar-refractivity contribution is 5.88. The Bertz CT molecular complexity index is 1410. The molecule has 43 heavy (non-hydrogen) atoms. The molecule has 3 N–H and O–H groups in total. The van der Waals surface area contributed by atoms with Gasteiger partial charge in [0.15, 0.2) is 0 Å². The lowest BCUT2D eigenvalue weighted by Gasteiger charge is -2.31. The van der Waals surface area contributed by atoms with Gasteiger partial charge in [-0.25, -0.2) is 9.59 Å². The Labute approximate surface area is 252 Å². The quantitative estimate of drug-likeness (QED) is 0.356. The average Bonchev–Trinajstić information content (AvgIpc) is 3.62. The van der Waals surface area contributed by atoms with Crippen molar-refractivity contribution in [3.8, 4) is 11.1 Å². The van der Waals surface area contributed by atoms with E-state index in [4.69, 9.17) is 15.2 Å². The van der Waals surface area contributed by atoms with Crippen LogP contribution in [0.3, 0.4) is 0 Å². The Hall–Kier alpha value is -4.17. The first-order valence-electron chi connectivity index (χ1n) is 15.4. The zero-order chi connectivity index (χ0) is 29.8. The molecule has 1 saturated carbocycles. The molecular formula is C35H39N3O5. The molecule has 1 heterocycles. The van der Waals surface area contributed by atoms with Gasteiger partial charge in [-0.3, -0.25) is 4.79 Å². The van der Waals surface area contributed by atoms with Gasteiger partial charge in [-0.1, -0.05) is 98.1 Å². The number of hydrogen-bond acceptors (Lipinski definition) is 6. The minimum absolute atomic E-state index is 0.0611. The highest BCUT2D eigenvalue weighted by Gasteiger charge is 2.44. The van der Waals surface area contributed by atoms with Gasteiger partial charge in [0.1, 0.15) is 19.3 Å². The molecule has 8 heteroatoms. The zero-order valence-corrected chi connectivity index (χ0v) is 24.3. The van der Waals surface area contributed by atoms with Crippen LogP contribution in [0.2, 0.25) is 0 Å². The number of carbonyl (C=O) groups excluding carboxylic acids is 3. The van der Waals surface area contributed by atoms with Crippen LogP contribution in [-0.2, 0) is 25.7 Å². The average molecular weight is 582 g/mol. The molecule has 0 spiro atoms. The fourth-order valence-electron chi connectivity index (χ4n) is 6.93. The summed E-state index contributed by atoms with van der Waals surface area (Å²) in [5.74, 6) is -0.722. The Morgan fingerprint density at radius 2 is 1.47 bits per heavy atom. The molecule has 2 aliphatic carbocycles. The van der Waals surface area contributed by atoms with Crippen LogP contribution in [0.4, 0.5) is 4.79 Å². The number of ether oxygens (including phenoxy) is 2. The number of rotatable bonds is 8. The van der Waals surface area contributed by atoms with E-state index in [1.165, 1.54) is 4.90 Å². The van der Waals surface area contributed by atoms with Crippen molar-refractivity contribution in [2.24, 2.45) is 11.7 Å².